The van der Waals surface area contributed by atoms with Crippen molar-refractivity contribution < 1.29 is 9.18 Å². The van der Waals surface area contributed by atoms with E-state index in [4.69, 9.17) is 0 Å². The molecule has 31 heavy (non-hydrogen) atoms. The summed E-state index contributed by atoms with van der Waals surface area (Å²) in [6.45, 7) is 3.98. The number of halogens is 1. The SMILES string of the molecule is Cc1ccc(NC(=O)c2ccc(Nc3cc(-c4cccc(F)c4)ncn3)cc2)c(C)c1. The minimum atomic E-state index is -0.319. The summed E-state index contributed by atoms with van der Waals surface area (Å²) in [5.41, 5.74) is 5.57. The lowest BCUT2D eigenvalue weighted by Crippen LogP contribution is -2.12. The number of benzene rings is 3. The quantitative estimate of drug-likeness (QED) is 0.429. The first-order chi connectivity index (χ1) is 15.0. The summed E-state index contributed by atoms with van der Waals surface area (Å²) in [5.74, 6) is 0.0796. The van der Waals surface area contributed by atoms with Crippen LogP contribution in [0.15, 0.2) is 79.1 Å². The molecule has 4 rings (SSSR count). The molecule has 1 amide bonds. The second-order valence-electron chi connectivity index (χ2n) is 7.27. The maximum absolute atomic E-state index is 13.5. The molecule has 0 bridgehead atoms. The largest absolute Gasteiger partial charge is 0.340 e. The Hall–Kier alpha value is -4.06. The van der Waals surface area contributed by atoms with Gasteiger partial charge >= 0.3 is 0 Å². The summed E-state index contributed by atoms with van der Waals surface area (Å²) in [5, 5.41) is 6.13. The number of carbonyl (C=O) groups excluding carboxylic acids is 1. The highest BCUT2D eigenvalue weighted by molar-refractivity contribution is 6.04. The van der Waals surface area contributed by atoms with E-state index in [1.54, 1.807) is 42.5 Å². The summed E-state index contributed by atoms with van der Waals surface area (Å²) >= 11 is 0. The molecular formula is C25H21FN4O. The van der Waals surface area contributed by atoms with Gasteiger partial charge in [0.2, 0.25) is 0 Å². The molecule has 0 saturated heterocycles. The Morgan fingerprint density at radius 3 is 2.45 bits per heavy atom. The van der Waals surface area contributed by atoms with Crippen molar-refractivity contribution in [1.82, 2.24) is 9.97 Å². The highest BCUT2D eigenvalue weighted by Crippen LogP contribution is 2.22. The fourth-order valence-corrected chi connectivity index (χ4v) is 3.23. The molecule has 0 unspecified atom stereocenters. The molecule has 0 aliphatic rings. The number of aryl methyl sites for hydroxylation is 2. The van der Waals surface area contributed by atoms with Gasteiger partial charge in [-0.05, 0) is 61.9 Å². The highest BCUT2D eigenvalue weighted by atomic mass is 19.1. The monoisotopic (exact) mass is 412 g/mol. The number of aromatic nitrogens is 2. The van der Waals surface area contributed by atoms with Crippen LogP contribution in [-0.4, -0.2) is 15.9 Å². The Morgan fingerprint density at radius 2 is 1.71 bits per heavy atom. The van der Waals surface area contributed by atoms with Gasteiger partial charge in [-0.1, -0.05) is 29.8 Å². The lowest BCUT2D eigenvalue weighted by molar-refractivity contribution is 0.102. The van der Waals surface area contributed by atoms with E-state index < -0.39 is 0 Å². The Bertz CT molecular complexity index is 1240. The third-order valence-electron chi connectivity index (χ3n) is 4.84. The minimum Gasteiger partial charge on any atom is -0.340 e. The molecule has 4 aromatic rings. The predicted molar refractivity (Wildman–Crippen MR) is 121 cm³/mol. The first-order valence-corrected chi connectivity index (χ1v) is 9.81. The van der Waals surface area contributed by atoms with Crippen LogP contribution in [0.5, 0.6) is 0 Å². The third-order valence-corrected chi connectivity index (χ3v) is 4.84. The standard InChI is InChI=1S/C25H21FN4O/c1-16-6-11-22(17(2)12-16)30-25(31)18-7-9-21(10-8-18)29-24-14-23(27-15-28-24)19-4-3-5-20(26)13-19/h3-15H,1-2H3,(H,30,31)(H,27,28,29). The number of anilines is 3. The molecule has 0 spiro atoms. The fraction of sp³-hybridized carbons (Fsp3) is 0.0800. The summed E-state index contributed by atoms with van der Waals surface area (Å²) in [6.07, 6.45) is 1.42. The number of amides is 1. The van der Waals surface area contributed by atoms with Crippen LogP contribution in [0, 0.1) is 19.7 Å². The van der Waals surface area contributed by atoms with Crippen molar-refractivity contribution in [2.75, 3.05) is 10.6 Å². The molecule has 1 heterocycles. The second kappa shape index (κ2) is 8.75. The fourth-order valence-electron chi connectivity index (χ4n) is 3.23. The van der Waals surface area contributed by atoms with Crippen LogP contribution in [0.1, 0.15) is 21.5 Å². The number of nitrogens with zero attached hydrogens (tertiary/aromatic N) is 2. The number of nitrogens with one attached hydrogen (secondary N) is 2. The molecule has 0 fully saturated rings. The van der Waals surface area contributed by atoms with Gasteiger partial charge in [0, 0.05) is 28.6 Å². The minimum absolute atomic E-state index is 0.172. The molecule has 0 atom stereocenters. The molecule has 2 N–H and O–H groups in total. The molecule has 154 valence electrons. The normalized spacial score (nSPS) is 10.5. The van der Waals surface area contributed by atoms with Crippen molar-refractivity contribution in [3.63, 3.8) is 0 Å². The van der Waals surface area contributed by atoms with Gasteiger partial charge in [-0.15, -0.1) is 0 Å². The number of hydrogen-bond acceptors (Lipinski definition) is 4. The van der Waals surface area contributed by atoms with Gasteiger partial charge in [-0.2, -0.15) is 0 Å². The van der Waals surface area contributed by atoms with E-state index in [-0.39, 0.29) is 11.7 Å². The first kappa shape index (κ1) is 20.2. The summed E-state index contributed by atoms with van der Waals surface area (Å²) in [6, 6.07) is 21.0. The van der Waals surface area contributed by atoms with Gasteiger partial charge in [0.05, 0.1) is 5.69 Å². The maximum Gasteiger partial charge on any atom is 0.255 e. The molecule has 0 aliphatic heterocycles. The highest BCUT2D eigenvalue weighted by Gasteiger charge is 2.09. The molecule has 5 nitrogen and oxygen atoms in total. The van der Waals surface area contributed by atoms with E-state index in [0.717, 1.165) is 22.5 Å². The van der Waals surface area contributed by atoms with Crippen LogP contribution >= 0.6 is 0 Å². The molecule has 1 aromatic heterocycles. The van der Waals surface area contributed by atoms with E-state index in [0.29, 0.717) is 22.6 Å². The van der Waals surface area contributed by atoms with Crippen LogP contribution in [-0.2, 0) is 0 Å². The summed E-state index contributed by atoms with van der Waals surface area (Å²) in [7, 11) is 0. The molecular weight excluding hydrogens is 391 g/mol. The van der Waals surface area contributed by atoms with Crippen molar-refractivity contribution in [2.24, 2.45) is 0 Å². The topological polar surface area (TPSA) is 66.9 Å². The average molecular weight is 412 g/mol. The Labute approximate surface area is 180 Å². The van der Waals surface area contributed by atoms with Crippen LogP contribution in [0.2, 0.25) is 0 Å². The molecule has 0 aliphatic carbocycles. The van der Waals surface area contributed by atoms with E-state index in [1.165, 1.54) is 18.5 Å². The van der Waals surface area contributed by atoms with Gasteiger partial charge in [0.15, 0.2) is 0 Å². The Balaban J connectivity index is 1.46. The zero-order valence-corrected chi connectivity index (χ0v) is 17.2. The zero-order valence-electron chi connectivity index (χ0n) is 17.2. The molecule has 0 radical (unpaired) electrons. The number of hydrogen-bond donors (Lipinski definition) is 2. The van der Waals surface area contributed by atoms with Crippen molar-refractivity contribution in [1.29, 1.82) is 0 Å². The van der Waals surface area contributed by atoms with Gasteiger partial charge in [0.1, 0.15) is 18.0 Å². The van der Waals surface area contributed by atoms with Crippen molar-refractivity contribution in [2.45, 2.75) is 13.8 Å². The van der Waals surface area contributed by atoms with Crippen molar-refractivity contribution in [3.05, 3.63) is 102 Å². The third kappa shape index (κ3) is 4.93. The maximum atomic E-state index is 13.5. The van der Waals surface area contributed by atoms with E-state index >= 15 is 0 Å². The van der Waals surface area contributed by atoms with E-state index in [1.807, 2.05) is 32.0 Å². The summed E-state index contributed by atoms with van der Waals surface area (Å²) < 4.78 is 13.5. The van der Waals surface area contributed by atoms with Crippen LogP contribution < -0.4 is 10.6 Å². The number of rotatable bonds is 5. The van der Waals surface area contributed by atoms with Crippen LogP contribution in [0.25, 0.3) is 11.3 Å². The van der Waals surface area contributed by atoms with Gasteiger partial charge in [-0.25, -0.2) is 14.4 Å². The lowest BCUT2D eigenvalue weighted by Gasteiger charge is -2.10. The molecule has 6 heteroatoms. The zero-order chi connectivity index (χ0) is 21.8. The average Bonchev–Trinajstić information content (AvgIpc) is 2.76. The Morgan fingerprint density at radius 1 is 0.903 bits per heavy atom. The first-order valence-electron chi connectivity index (χ1n) is 9.81. The lowest BCUT2D eigenvalue weighted by atomic mass is 10.1. The predicted octanol–water partition coefficient (Wildman–Crippen LogP) is 5.90. The van der Waals surface area contributed by atoms with Crippen molar-refractivity contribution >= 4 is 23.1 Å². The van der Waals surface area contributed by atoms with Crippen LogP contribution in [0.4, 0.5) is 21.6 Å². The van der Waals surface area contributed by atoms with Crippen molar-refractivity contribution in [3.8, 4) is 11.3 Å². The van der Waals surface area contributed by atoms with Gasteiger partial charge < -0.3 is 10.6 Å². The van der Waals surface area contributed by atoms with E-state index in [9.17, 15) is 9.18 Å². The Kier molecular flexibility index (Phi) is 5.71. The molecule has 0 saturated carbocycles. The van der Waals surface area contributed by atoms with E-state index in [2.05, 4.69) is 20.6 Å². The van der Waals surface area contributed by atoms with Crippen LogP contribution in [0.3, 0.4) is 0 Å². The smallest absolute Gasteiger partial charge is 0.255 e. The number of carbonyl (C=O) groups is 1. The molecule has 3 aromatic carbocycles. The van der Waals surface area contributed by atoms with Gasteiger partial charge in [0.25, 0.3) is 5.91 Å². The second-order valence-corrected chi connectivity index (χ2v) is 7.27. The van der Waals surface area contributed by atoms with Gasteiger partial charge in [-0.3, -0.25) is 4.79 Å². The summed E-state index contributed by atoms with van der Waals surface area (Å²) in [4.78, 5) is 21.0.